The van der Waals surface area contributed by atoms with Gasteiger partial charge in [-0.3, -0.25) is 4.79 Å². The van der Waals surface area contributed by atoms with E-state index in [1.807, 2.05) is 12.1 Å². The van der Waals surface area contributed by atoms with Crippen LogP contribution >= 0.6 is 35.1 Å². The summed E-state index contributed by atoms with van der Waals surface area (Å²) in [5, 5.41) is 10.8. The van der Waals surface area contributed by atoms with Gasteiger partial charge in [0.2, 0.25) is 5.91 Å². The molecule has 3 nitrogen and oxygen atoms in total. The van der Waals surface area contributed by atoms with Gasteiger partial charge in [-0.25, -0.2) is 0 Å². The Hall–Kier alpha value is -0.880. The number of carbonyl (C=O) groups is 1. The average Bonchev–Trinajstić information content (AvgIpc) is 3.27. The van der Waals surface area contributed by atoms with Crippen LogP contribution in [0.2, 0.25) is 0 Å². The molecule has 1 fully saturated rings. The van der Waals surface area contributed by atoms with E-state index in [1.165, 1.54) is 22.6 Å². The van der Waals surface area contributed by atoms with Gasteiger partial charge in [0.15, 0.2) is 0 Å². The Labute approximate surface area is 158 Å². The van der Waals surface area contributed by atoms with Gasteiger partial charge in [-0.15, -0.1) is 35.1 Å². The van der Waals surface area contributed by atoms with Crippen molar-refractivity contribution in [1.82, 2.24) is 10.6 Å². The zero-order chi connectivity index (χ0) is 16.1. The smallest absolute Gasteiger partial charge is 0.221 e. The molecule has 1 atom stereocenters. The van der Waals surface area contributed by atoms with Crippen molar-refractivity contribution in [2.75, 3.05) is 13.1 Å². The molecule has 2 N–H and O–H groups in total. The fraction of sp³-hybridized carbons (Fsp3) is 0.500. The lowest BCUT2D eigenvalue weighted by Crippen LogP contribution is -2.34. The molecule has 6 heteroatoms. The summed E-state index contributed by atoms with van der Waals surface area (Å²) in [5.74, 6) is 1.29. The van der Waals surface area contributed by atoms with Gasteiger partial charge in [-0.05, 0) is 60.7 Å². The van der Waals surface area contributed by atoms with Gasteiger partial charge >= 0.3 is 0 Å². The Bertz CT molecular complexity index is 560. The summed E-state index contributed by atoms with van der Waals surface area (Å²) in [6.07, 6.45) is 3.00. The number of carbonyl (C=O) groups excluding carboxylic acids is 1. The lowest BCUT2D eigenvalue weighted by Gasteiger charge is -2.28. The highest BCUT2D eigenvalue weighted by Crippen LogP contribution is 2.30. The molecule has 0 aliphatic carbocycles. The molecule has 0 aromatic carbocycles. The average molecular weight is 385 g/mol. The van der Waals surface area contributed by atoms with Gasteiger partial charge in [0, 0.05) is 16.2 Å². The Kier molecular flexibility index (Phi) is 7.75. The summed E-state index contributed by atoms with van der Waals surface area (Å²) in [4.78, 5) is 15.0. The molecule has 0 spiro atoms. The molecule has 1 amide bonds. The maximum Gasteiger partial charge on any atom is 0.221 e. The van der Waals surface area contributed by atoms with Crippen molar-refractivity contribution in [1.29, 1.82) is 0 Å². The summed E-state index contributed by atoms with van der Waals surface area (Å²) >= 11 is 3.40. The third-order valence-electron chi connectivity index (χ3n) is 4.66. The maximum atomic E-state index is 12.6. The molecule has 1 unspecified atom stereocenters. The summed E-state index contributed by atoms with van der Waals surface area (Å²) < 4.78 is 0. The third-order valence-corrected chi connectivity index (χ3v) is 6.53. The molecule has 1 saturated heterocycles. The molecule has 3 rings (SSSR count). The normalized spacial score (nSPS) is 16.6. The van der Waals surface area contributed by atoms with Crippen molar-refractivity contribution in [3.05, 3.63) is 44.8 Å². The SMILES string of the molecule is CC(CC(=O)NC(c1cccs1)c1cccs1)C1CCNCC1.Cl. The number of rotatable bonds is 6. The predicted molar refractivity (Wildman–Crippen MR) is 105 cm³/mol. The van der Waals surface area contributed by atoms with E-state index in [1.54, 1.807) is 22.7 Å². The lowest BCUT2D eigenvalue weighted by atomic mass is 9.84. The van der Waals surface area contributed by atoms with Gasteiger partial charge < -0.3 is 10.6 Å². The molecular weight excluding hydrogens is 360 g/mol. The topological polar surface area (TPSA) is 41.1 Å². The van der Waals surface area contributed by atoms with Gasteiger partial charge in [0.1, 0.15) is 0 Å². The highest BCUT2D eigenvalue weighted by Gasteiger charge is 2.24. The van der Waals surface area contributed by atoms with E-state index in [-0.39, 0.29) is 24.4 Å². The van der Waals surface area contributed by atoms with Crippen molar-refractivity contribution in [2.24, 2.45) is 11.8 Å². The Balaban J connectivity index is 0.00000208. The van der Waals surface area contributed by atoms with E-state index in [4.69, 9.17) is 0 Å². The van der Waals surface area contributed by atoms with E-state index in [0.29, 0.717) is 18.3 Å². The highest BCUT2D eigenvalue weighted by atomic mass is 35.5. The van der Waals surface area contributed by atoms with Gasteiger partial charge in [0.05, 0.1) is 6.04 Å². The quantitative estimate of drug-likeness (QED) is 0.771. The van der Waals surface area contributed by atoms with Gasteiger partial charge in [-0.1, -0.05) is 19.1 Å². The molecule has 3 heterocycles. The molecule has 1 aliphatic rings. The number of hydrogen-bond acceptors (Lipinski definition) is 4. The van der Waals surface area contributed by atoms with Crippen molar-refractivity contribution >= 4 is 41.0 Å². The minimum absolute atomic E-state index is 0. The van der Waals surface area contributed by atoms with Crippen LogP contribution in [-0.2, 0) is 4.79 Å². The summed E-state index contributed by atoms with van der Waals surface area (Å²) in [7, 11) is 0. The molecule has 0 radical (unpaired) electrons. The van der Waals surface area contributed by atoms with Crippen LogP contribution in [0, 0.1) is 11.8 Å². The lowest BCUT2D eigenvalue weighted by molar-refractivity contribution is -0.122. The number of halogens is 1. The first-order chi connectivity index (χ1) is 11.2. The second kappa shape index (κ2) is 9.56. The first-order valence-corrected chi connectivity index (χ1v) is 10.1. The number of amides is 1. The zero-order valence-corrected chi connectivity index (χ0v) is 16.3. The summed E-state index contributed by atoms with van der Waals surface area (Å²) in [6, 6.07) is 8.30. The first kappa shape index (κ1) is 19.4. The minimum atomic E-state index is 0. The molecule has 2 aromatic heterocycles. The van der Waals surface area contributed by atoms with Crippen LogP contribution in [0.5, 0.6) is 0 Å². The highest BCUT2D eigenvalue weighted by molar-refractivity contribution is 7.11. The van der Waals surface area contributed by atoms with Crippen LogP contribution in [0.1, 0.15) is 42.0 Å². The monoisotopic (exact) mass is 384 g/mol. The van der Waals surface area contributed by atoms with Crippen molar-refractivity contribution in [2.45, 2.75) is 32.2 Å². The van der Waals surface area contributed by atoms with E-state index in [9.17, 15) is 4.79 Å². The fourth-order valence-corrected chi connectivity index (χ4v) is 4.95. The summed E-state index contributed by atoms with van der Waals surface area (Å²) in [5.41, 5.74) is 0. The van der Waals surface area contributed by atoms with Gasteiger partial charge in [0.25, 0.3) is 0 Å². The van der Waals surface area contributed by atoms with Crippen LogP contribution in [0.25, 0.3) is 0 Å². The maximum absolute atomic E-state index is 12.6. The number of thiophene rings is 2. The molecule has 24 heavy (non-hydrogen) atoms. The second-order valence-corrected chi connectivity index (χ2v) is 8.26. The molecule has 1 aliphatic heterocycles. The molecule has 0 bridgehead atoms. The van der Waals surface area contributed by atoms with Crippen LogP contribution in [0.3, 0.4) is 0 Å². The van der Waals surface area contributed by atoms with Crippen LogP contribution in [0.15, 0.2) is 35.0 Å². The third kappa shape index (κ3) is 5.06. The van der Waals surface area contributed by atoms with E-state index >= 15 is 0 Å². The van der Waals surface area contributed by atoms with E-state index in [2.05, 4.69) is 40.5 Å². The van der Waals surface area contributed by atoms with Crippen molar-refractivity contribution in [3.8, 4) is 0 Å². The van der Waals surface area contributed by atoms with E-state index in [0.717, 1.165) is 13.1 Å². The number of hydrogen-bond donors (Lipinski definition) is 2. The molecule has 132 valence electrons. The molecule has 2 aromatic rings. The summed E-state index contributed by atoms with van der Waals surface area (Å²) in [6.45, 7) is 4.40. The number of nitrogens with one attached hydrogen (secondary N) is 2. The first-order valence-electron chi connectivity index (χ1n) is 8.31. The second-order valence-electron chi connectivity index (χ2n) is 6.30. The van der Waals surface area contributed by atoms with Crippen molar-refractivity contribution in [3.63, 3.8) is 0 Å². The molecule has 0 saturated carbocycles. The Morgan fingerprint density at radius 3 is 2.29 bits per heavy atom. The van der Waals surface area contributed by atoms with E-state index < -0.39 is 0 Å². The van der Waals surface area contributed by atoms with Crippen LogP contribution in [0.4, 0.5) is 0 Å². The van der Waals surface area contributed by atoms with Gasteiger partial charge in [-0.2, -0.15) is 0 Å². The van der Waals surface area contributed by atoms with Crippen LogP contribution in [-0.4, -0.2) is 19.0 Å². The Morgan fingerprint density at radius 1 is 1.21 bits per heavy atom. The fourth-order valence-electron chi connectivity index (χ4n) is 3.29. The Morgan fingerprint density at radius 2 is 1.79 bits per heavy atom. The van der Waals surface area contributed by atoms with Crippen LogP contribution < -0.4 is 10.6 Å². The van der Waals surface area contributed by atoms with Crippen molar-refractivity contribution < 1.29 is 4.79 Å². The largest absolute Gasteiger partial charge is 0.344 e. The minimum Gasteiger partial charge on any atom is -0.344 e. The number of piperidine rings is 1. The zero-order valence-electron chi connectivity index (χ0n) is 13.9. The molecular formula is C18H25ClN2OS2. The standard InChI is InChI=1S/C18H24N2OS2.ClH/c1-13(14-6-8-19-9-7-14)12-17(21)20-18(15-4-2-10-22-15)16-5-3-11-23-16;/h2-5,10-11,13-14,18-19H,6-9,12H2,1H3,(H,20,21);1H. The predicted octanol–water partition coefficient (Wildman–Crippen LogP) is 4.46.